The second-order valence-electron chi connectivity index (χ2n) is 6.49. The van der Waals surface area contributed by atoms with Crippen LogP contribution in [0, 0.1) is 27.8 Å². The van der Waals surface area contributed by atoms with Gasteiger partial charge in [-0.25, -0.2) is 4.90 Å². The van der Waals surface area contributed by atoms with Gasteiger partial charge in [0.05, 0.1) is 32.5 Å². The van der Waals surface area contributed by atoms with E-state index in [0.29, 0.717) is 4.90 Å². The van der Waals surface area contributed by atoms with Gasteiger partial charge in [0.2, 0.25) is 17.6 Å². The van der Waals surface area contributed by atoms with Gasteiger partial charge >= 0.3 is 5.69 Å². The van der Waals surface area contributed by atoms with Gasteiger partial charge in [0.25, 0.3) is 0 Å². The Morgan fingerprint density at radius 2 is 1.46 bits per heavy atom. The molecule has 2 bridgehead atoms. The smallest absolute Gasteiger partial charge is 0.274 e. The van der Waals surface area contributed by atoms with Crippen LogP contribution in [-0.2, 0) is 9.59 Å². The molecule has 2 amide bonds. The van der Waals surface area contributed by atoms with Gasteiger partial charge in [0, 0.05) is 6.07 Å². The van der Waals surface area contributed by atoms with Gasteiger partial charge in [0.1, 0.15) is 9.75 Å². The minimum atomic E-state index is -2.08. The molecule has 1 aromatic carbocycles. The van der Waals surface area contributed by atoms with E-state index in [1.54, 1.807) is 0 Å². The highest BCUT2D eigenvalue weighted by molar-refractivity contribution is 6.67. The summed E-state index contributed by atoms with van der Waals surface area (Å²) in [5.41, 5.74) is -1.16. The molecule has 2 fully saturated rings. The summed E-state index contributed by atoms with van der Waals surface area (Å²) in [6.45, 7) is 0. The van der Waals surface area contributed by atoms with E-state index in [-0.39, 0.29) is 15.8 Å². The van der Waals surface area contributed by atoms with Crippen LogP contribution in [0.15, 0.2) is 28.3 Å². The van der Waals surface area contributed by atoms with Crippen LogP contribution in [0.5, 0.6) is 0 Å². The molecule has 4 atom stereocenters. The Bertz CT molecular complexity index is 986. The summed E-state index contributed by atoms with van der Waals surface area (Å²) in [6, 6.07) is 2.55. The number of halogens is 7. The number of rotatable bonds is 2. The van der Waals surface area contributed by atoms with Gasteiger partial charge in [-0.2, -0.15) is 4.39 Å². The van der Waals surface area contributed by atoms with Crippen molar-refractivity contribution in [3.63, 3.8) is 0 Å². The lowest BCUT2D eigenvalue weighted by Gasteiger charge is -2.34. The van der Waals surface area contributed by atoms with Crippen LogP contribution in [0.1, 0.15) is 0 Å². The molecule has 13 heteroatoms. The number of hydrogen-bond acceptors (Lipinski definition) is 4. The maximum atomic E-state index is 13.6. The van der Waals surface area contributed by atoms with Crippen molar-refractivity contribution in [3.8, 4) is 0 Å². The van der Waals surface area contributed by atoms with Crippen molar-refractivity contribution in [2.45, 2.75) is 14.1 Å². The molecule has 1 aliphatic heterocycles. The summed E-state index contributed by atoms with van der Waals surface area (Å²) in [5, 5.41) is 10.5. The maximum Gasteiger partial charge on any atom is 0.306 e. The van der Waals surface area contributed by atoms with Crippen molar-refractivity contribution in [1.29, 1.82) is 0 Å². The first-order valence-corrected chi connectivity index (χ1v) is 9.73. The van der Waals surface area contributed by atoms with Crippen molar-refractivity contribution in [2.75, 3.05) is 4.90 Å². The maximum absolute atomic E-state index is 13.6. The fourth-order valence-corrected chi connectivity index (χ4v) is 6.96. The molecule has 1 saturated heterocycles. The first-order valence-electron chi connectivity index (χ1n) is 7.47. The molecule has 0 unspecified atom stereocenters. The Balaban J connectivity index is 1.89. The minimum Gasteiger partial charge on any atom is -0.274 e. The number of amides is 2. The normalized spacial score (nSPS) is 35.8. The number of imide groups is 1. The van der Waals surface area contributed by atoms with Gasteiger partial charge in [-0.1, -0.05) is 46.4 Å². The molecule has 1 heterocycles. The predicted molar refractivity (Wildman–Crippen MR) is 103 cm³/mol. The Morgan fingerprint density at radius 1 is 1.00 bits per heavy atom. The zero-order valence-electron chi connectivity index (χ0n) is 13.1. The lowest BCUT2D eigenvalue weighted by Crippen LogP contribution is -2.50. The summed E-state index contributed by atoms with van der Waals surface area (Å²) in [7, 11) is 0. The molecule has 2 aliphatic carbocycles. The molecule has 6 nitrogen and oxygen atoms in total. The number of fused-ring (bicyclic) bond motifs is 5. The largest absolute Gasteiger partial charge is 0.306 e. The highest BCUT2D eigenvalue weighted by Crippen LogP contribution is 2.77. The number of nitrogens with zero attached hydrogens (tertiary/aromatic N) is 2. The van der Waals surface area contributed by atoms with E-state index < -0.39 is 54.2 Å². The number of hydrogen-bond donors (Lipinski definition) is 0. The summed E-state index contributed by atoms with van der Waals surface area (Å²) < 4.78 is 11.6. The molecule has 3 aliphatic rings. The van der Waals surface area contributed by atoms with E-state index in [1.165, 1.54) is 0 Å². The third-order valence-corrected chi connectivity index (χ3v) is 9.55. The Labute approximate surface area is 186 Å². The quantitative estimate of drug-likeness (QED) is 0.251. The lowest BCUT2D eigenvalue weighted by atomic mass is 9.84. The monoisotopic (exact) mass is 506 g/mol. The van der Waals surface area contributed by atoms with Crippen LogP contribution >= 0.6 is 69.6 Å². The molecule has 1 saturated carbocycles. The third-order valence-electron chi connectivity index (χ3n) is 5.29. The number of alkyl halides is 4. The lowest BCUT2D eigenvalue weighted by molar-refractivity contribution is -0.387. The minimum absolute atomic E-state index is 0.237. The van der Waals surface area contributed by atoms with Crippen LogP contribution in [0.4, 0.5) is 15.8 Å². The van der Waals surface area contributed by atoms with Gasteiger partial charge in [0.15, 0.2) is 4.33 Å². The summed E-state index contributed by atoms with van der Waals surface area (Å²) in [4.78, 5) is 32.8. The van der Waals surface area contributed by atoms with Gasteiger partial charge < -0.3 is 0 Å². The molecule has 28 heavy (non-hydrogen) atoms. The van der Waals surface area contributed by atoms with E-state index >= 15 is 0 Å². The number of allylic oxidation sites excluding steroid dienone is 2. The van der Waals surface area contributed by atoms with Crippen LogP contribution in [0.3, 0.4) is 0 Å². The Kier molecular flexibility index (Phi) is 4.28. The van der Waals surface area contributed by atoms with Gasteiger partial charge in [-0.05, 0) is 12.1 Å². The molecular weight excluding hydrogens is 504 g/mol. The predicted octanol–water partition coefficient (Wildman–Crippen LogP) is 4.69. The second-order valence-corrected chi connectivity index (χ2v) is 9.76. The molecule has 0 radical (unpaired) electrons. The van der Waals surface area contributed by atoms with Gasteiger partial charge in [-0.15, -0.1) is 23.2 Å². The summed E-state index contributed by atoms with van der Waals surface area (Å²) in [5.74, 6) is -5.67. The van der Waals surface area contributed by atoms with E-state index in [1.807, 2.05) is 0 Å². The summed E-state index contributed by atoms with van der Waals surface area (Å²) >= 11 is 38.2. The van der Waals surface area contributed by atoms with Crippen molar-refractivity contribution in [1.82, 2.24) is 0 Å². The fourth-order valence-electron chi connectivity index (χ4n) is 4.03. The molecule has 0 aromatic heterocycles. The number of nitro benzene ring substituents is 1. The van der Waals surface area contributed by atoms with Crippen LogP contribution in [0.2, 0.25) is 0 Å². The number of benzene rings is 1. The zero-order chi connectivity index (χ0) is 21.0. The van der Waals surface area contributed by atoms with Crippen molar-refractivity contribution >= 4 is 92.8 Å². The summed E-state index contributed by atoms with van der Waals surface area (Å²) in [6.07, 6.45) is 0. The first-order chi connectivity index (χ1) is 12.8. The first kappa shape index (κ1) is 20.4. The van der Waals surface area contributed by atoms with E-state index in [4.69, 9.17) is 69.6 Å². The number of nitro groups is 1. The van der Waals surface area contributed by atoms with Crippen LogP contribution < -0.4 is 4.90 Å². The van der Waals surface area contributed by atoms with E-state index in [9.17, 15) is 24.1 Å². The fraction of sp³-hybridized carbons (Fsp3) is 0.333. The van der Waals surface area contributed by atoms with E-state index in [0.717, 1.165) is 18.2 Å². The Hall–Kier alpha value is -0.830. The molecule has 4 rings (SSSR count). The van der Waals surface area contributed by atoms with E-state index in [2.05, 4.69) is 0 Å². The van der Waals surface area contributed by atoms with Crippen molar-refractivity contribution in [2.24, 2.45) is 11.8 Å². The number of carbonyl (C=O) groups excluding carboxylic acids is 2. The van der Waals surface area contributed by atoms with Crippen molar-refractivity contribution in [3.05, 3.63) is 44.2 Å². The topological polar surface area (TPSA) is 80.5 Å². The van der Waals surface area contributed by atoms with Crippen LogP contribution in [-0.4, -0.2) is 30.8 Å². The molecule has 0 spiro atoms. The number of anilines is 1. The molecule has 148 valence electrons. The average molecular weight is 509 g/mol. The zero-order valence-corrected chi connectivity index (χ0v) is 17.6. The van der Waals surface area contributed by atoms with Crippen LogP contribution in [0.25, 0.3) is 0 Å². The standard InChI is InChI=1S/C15H5Cl6FN2O4/c16-9-10(17)14(19)8-7(13(9,18)15(14,20)21)11(25)23(12(8)26)4-1-2-5(22)6(3-4)24(27)28/h1-3,7-8H/t7-,8-,13+,14+/m0/s1. The molecule has 1 aromatic rings. The third kappa shape index (κ3) is 1.98. The second kappa shape index (κ2) is 5.86. The highest BCUT2D eigenvalue weighted by atomic mass is 35.5. The SMILES string of the molecule is O=C1[C@@H]2[C@@H](C(=O)N1c1ccc(F)c([N+](=O)[O-])c1)[C@@]1(Cl)C(Cl)=C(Cl)[C@@]2(Cl)C1(Cl)Cl. The molecular formula is C15H5Cl6FN2O4. The Morgan fingerprint density at radius 3 is 1.89 bits per heavy atom. The highest BCUT2D eigenvalue weighted by Gasteiger charge is 2.87. The van der Waals surface area contributed by atoms with Crippen molar-refractivity contribution < 1.29 is 18.9 Å². The average Bonchev–Trinajstić information content (AvgIpc) is 3.00. The van der Waals surface area contributed by atoms with Gasteiger partial charge in [-0.3, -0.25) is 19.7 Å². The number of carbonyl (C=O) groups is 2. The molecule has 0 N–H and O–H groups in total.